The van der Waals surface area contributed by atoms with Gasteiger partial charge in [-0.3, -0.25) is 14.1 Å². The van der Waals surface area contributed by atoms with Crippen LogP contribution in [0.2, 0.25) is 0 Å². The smallest absolute Gasteiger partial charge is 0.238 e. The molecule has 0 aromatic heterocycles. The van der Waals surface area contributed by atoms with E-state index in [0.717, 1.165) is 42.7 Å². The number of aliphatic imine (C=N–C) groups is 1. The zero-order valence-electron chi connectivity index (χ0n) is 21.0. The van der Waals surface area contributed by atoms with Crippen molar-refractivity contribution in [3.05, 3.63) is 90.0 Å². The number of carbonyl (C=O) groups is 1. The predicted octanol–water partition coefficient (Wildman–Crippen LogP) is 4.80. The fourth-order valence-electron chi connectivity index (χ4n) is 4.99. The second-order valence-corrected chi connectivity index (χ2v) is 11.7. The van der Waals surface area contributed by atoms with E-state index in [9.17, 15) is 13.2 Å². The van der Waals surface area contributed by atoms with Gasteiger partial charge in [-0.1, -0.05) is 55.0 Å². The number of nitrogens with one attached hydrogen (secondary N) is 1. The van der Waals surface area contributed by atoms with E-state index in [2.05, 4.69) is 10.2 Å². The molecular formula is C29H32N4O3S. The molecule has 1 unspecified atom stereocenters. The Hall–Kier alpha value is -3.49. The molecule has 3 aromatic rings. The average Bonchev–Trinajstić information content (AvgIpc) is 3.27. The van der Waals surface area contributed by atoms with Crippen LogP contribution >= 0.6 is 0 Å². The van der Waals surface area contributed by atoms with Crippen LogP contribution in [-0.4, -0.2) is 57.4 Å². The molecule has 1 amide bonds. The number of para-hydroxylation sites is 1. The molecule has 2 aliphatic heterocycles. The minimum absolute atomic E-state index is 0.0950. The molecule has 3 aromatic carbocycles. The first-order chi connectivity index (χ1) is 17.9. The van der Waals surface area contributed by atoms with Crippen molar-refractivity contribution < 1.29 is 13.2 Å². The number of benzene rings is 3. The number of likely N-dealkylation sites (tertiary alicyclic amines) is 1. The Morgan fingerprint density at radius 1 is 0.946 bits per heavy atom. The highest BCUT2D eigenvalue weighted by Crippen LogP contribution is 2.36. The summed E-state index contributed by atoms with van der Waals surface area (Å²) in [4.78, 5) is 20.1. The van der Waals surface area contributed by atoms with Gasteiger partial charge in [-0.05, 0) is 67.4 Å². The van der Waals surface area contributed by atoms with Crippen LogP contribution in [0.15, 0.2) is 83.9 Å². The lowest BCUT2D eigenvalue weighted by molar-refractivity contribution is -0.115. The lowest BCUT2D eigenvalue weighted by Crippen LogP contribution is -2.38. The minimum atomic E-state index is -3.44. The van der Waals surface area contributed by atoms with E-state index in [1.54, 1.807) is 31.3 Å². The van der Waals surface area contributed by atoms with Gasteiger partial charge in [-0.25, -0.2) is 8.42 Å². The molecule has 2 aliphatic rings. The van der Waals surface area contributed by atoms with Crippen LogP contribution in [-0.2, 0) is 14.8 Å². The van der Waals surface area contributed by atoms with Gasteiger partial charge in [-0.2, -0.15) is 0 Å². The lowest BCUT2D eigenvalue weighted by Gasteiger charge is -2.27. The van der Waals surface area contributed by atoms with Gasteiger partial charge in [0.05, 0.1) is 22.8 Å². The monoisotopic (exact) mass is 516 g/mol. The molecule has 37 heavy (non-hydrogen) atoms. The number of anilines is 2. The largest absolute Gasteiger partial charge is 0.325 e. The number of hydrogen-bond acceptors (Lipinski definition) is 5. The molecule has 1 atom stereocenters. The number of sulfonamides is 1. The van der Waals surface area contributed by atoms with Crippen molar-refractivity contribution >= 4 is 38.7 Å². The van der Waals surface area contributed by atoms with Gasteiger partial charge in [0.25, 0.3) is 0 Å². The molecule has 7 nitrogen and oxygen atoms in total. The summed E-state index contributed by atoms with van der Waals surface area (Å²) in [5.41, 5.74) is 4.44. The Bertz CT molecular complexity index is 1380. The third-order valence-electron chi connectivity index (χ3n) is 7.13. The van der Waals surface area contributed by atoms with Crippen molar-refractivity contribution in [2.75, 3.05) is 42.1 Å². The Kier molecular flexibility index (Phi) is 7.39. The summed E-state index contributed by atoms with van der Waals surface area (Å²) in [7, 11) is -1.85. The fourth-order valence-corrected chi connectivity index (χ4v) is 6.19. The highest BCUT2D eigenvalue weighted by Gasteiger charge is 2.35. The van der Waals surface area contributed by atoms with Crippen LogP contribution in [0.4, 0.5) is 17.1 Å². The normalized spacial score (nSPS) is 18.4. The van der Waals surface area contributed by atoms with Crippen LogP contribution in [0.1, 0.15) is 36.3 Å². The number of amides is 1. The summed E-state index contributed by atoms with van der Waals surface area (Å²) in [6, 6.07) is 24.5. The number of carbonyl (C=O) groups excluding carboxylic acids is 1. The highest BCUT2D eigenvalue weighted by molar-refractivity contribution is 7.92. The number of piperidine rings is 1. The van der Waals surface area contributed by atoms with E-state index in [-0.39, 0.29) is 11.7 Å². The van der Waals surface area contributed by atoms with E-state index in [1.165, 1.54) is 10.7 Å². The molecule has 1 fully saturated rings. The standard InChI is InChI=1S/C29H32N4O3S/c1-32(37(35,36)21-20-33-18-8-3-9-19-33)24-16-14-23(15-17-24)30-28(22-10-4-2-5-11-22)27-25-12-6-7-13-26(25)31-29(27)34/h2,4-7,10-17,27H,3,8-9,18-21H2,1H3,(H,31,34). The van der Waals surface area contributed by atoms with Crippen LogP contribution in [0.3, 0.4) is 0 Å². The third kappa shape index (κ3) is 5.60. The van der Waals surface area contributed by atoms with Gasteiger partial charge in [-0.15, -0.1) is 0 Å². The number of nitrogens with zero attached hydrogens (tertiary/aromatic N) is 3. The molecule has 2 heterocycles. The second-order valence-electron chi connectivity index (χ2n) is 9.57. The lowest BCUT2D eigenvalue weighted by atomic mass is 9.90. The summed E-state index contributed by atoms with van der Waals surface area (Å²) in [5, 5.41) is 2.96. The average molecular weight is 517 g/mol. The molecule has 1 N–H and O–H groups in total. The summed E-state index contributed by atoms with van der Waals surface area (Å²) in [5.74, 6) is -0.548. The zero-order valence-corrected chi connectivity index (χ0v) is 21.8. The van der Waals surface area contributed by atoms with Crippen molar-refractivity contribution in [2.24, 2.45) is 4.99 Å². The summed E-state index contributed by atoms with van der Waals surface area (Å²) >= 11 is 0. The van der Waals surface area contributed by atoms with E-state index in [4.69, 9.17) is 4.99 Å². The Morgan fingerprint density at radius 3 is 2.35 bits per heavy atom. The first kappa shape index (κ1) is 25.2. The third-order valence-corrected chi connectivity index (χ3v) is 8.87. The first-order valence-electron chi connectivity index (χ1n) is 12.8. The molecular weight excluding hydrogens is 484 g/mol. The number of fused-ring (bicyclic) bond motifs is 1. The summed E-state index contributed by atoms with van der Waals surface area (Å²) < 4.78 is 27.3. The fraction of sp³-hybridized carbons (Fsp3) is 0.310. The van der Waals surface area contributed by atoms with Gasteiger partial charge in [0.1, 0.15) is 5.92 Å². The van der Waals surface area contributed by atoms with Crippen LogP contribution < -0.4 is 9.62 Å². The Balaban J connectivity index is 1.39. The minimum Gasteiger partial charge on any atom is -0.325 e. The summed E-state index contributed by atoms with van der Waals surface area (Å²) in [6.07, 6.45) is 3.50. The van der Waals surface area contributed by atoms with Gasteiger partial charge in [0.2, 0.25) is 15.9 Å². The van der Waals surface area contributed by atoms with Gasteiger partial charge in [0, 0.05) is 19.3 Å². The SMILES string of the molecule is CN(c1ccc(N=C(c2ccccc2)C2C(=O)Nc3ccccc32)cc1)S(=O)(=O)CCN1CCCCC1. The van der Waals surface area contributed by atoms with E-state index >= 15 is 0 Å². The quantitative estimate of drug-likeness (QED) is 0.436. The van der Waals surface area contributed by atoms with Crippen LogP contribution in [0.25, 0.3) is 0 Å². The molecule has 8 heteroatoms. The molecule has 0 radical (unpaired) electrons. The Morgan fingerprint density at radius 2 is 1.62 bits per heavy atom. The molecule has 0 saturated carbocycles. The Labute approximate surface area is 218 Å². The van der Waals surface area contributed by atoms with E-state index < -0.39 is 15.9 Å². The molecule has 192 valence electrons. The topological polar surface area (TPSA) is 82.1 Å². The summed E-state index contributed by atoms with van der Waals surface area (Å²) in [6.45, 7) is 2.50. The molecule has 0 bridgehead atoms. The second kappa shape index (κ2) is 10.9. The van der Waals surface area contributed by atoms with Crippen molar-refractivity contribution in [3.63, 3.8) is 0 Å². The first-order valence-corrected chi connectivity index (χ1v) is 14.4. The van der Waals surface area contributed by atoms with E-state index in [1.807, 2.05) is 54.6 Å². The molecule has 0 aliphatic carbocycles. The number of rotatable bonds is 8. The maximum Gasteiger partial charge on any atom is 0.238 e. The van der Waals surface area contributed by atoms with Crippen molar-refractivity contribution in [2.45, 2.75) is 25.2 Å². The van der Waals surface area contributed by atoms with Crippen LogP contribution in [0, 0.1) is 0 Å². The predicted molar refractivity (Wildman–Crippen MR) is 149 cm³/mol. The van der Waals surface area contributed by atoms with Gasteiger partial charge >= 0.3 is 0 Å². The van der Waals surface area contributed by atoms with Crippen molar-refractivity contribution in [1.29, 1.82) is 0 Å². The van der Waals surface area contributed by atoms with E-state index in [0.29, 0.717) is 23.6 Å². The van der Waals surface area contributed by atoms with Gasteiger partial charge in [0.15, 0.2) is 0 Å². The molecule has 1 saturated heterocycles. The van der Waals surface area contributed by atoms with Gasteiger partial charge < -0.3 is 10.2 Å². The maximum absolute atomic E-state index is 13.0. The molecule has 0 spiro atoms. The highest BCUT2D eigenvalue weighted by atomic mass is 32.2. The van der Waals surface area contributed by atoms with Crippen molar-refractivity contribution in [1.82, 2.24) is 4.90 Å². The molecule has 5 rings (SSSR count). The van der Waals surface area contributed by atoms with Crippen LogP contribution in [0.5, 0.6) is 0 Å². The maximum atomic E-state index is 13.0. The zero-order chi connectivity index (χ0) is 25.8. The van der Waals surface area contributed by atoms with Crippen molar-refractivity contribution in [3.8, 4) is 0 Å². The number of hydrogen-bond donors (Lipinski definition) is 1.